The molecule has 2 rings (SSSR count). The molecule has 0 fully saturated rings. The highest BCUT2D eigenvalue weighted by Gasteiger charge is 2.05. The maximum Gasteiger partial charge on any atom is 0.269 e. The summed E-state index contributed by atoms with van der Waals surface area (Å²) >= 11 is 5.03. The highest BCUT2D eigenvalue weighted by molar-refractivity contribution is 9.10. The Hall–Kier alpha value is -1.18. The number of nitrogens with one attached hydrogen (secondary N) is 1. The third-order valence-corrected chi connectivity index (χ3v) is 4.24. The van der Waals surface area contributed by atoms with Gasteiger partial charge >= 0.3 is 0 Å². The largest absolute Gasteiger partial charge is 0.382 e. The second-order valence-corrected chi connectivity index (χ2v) is 5.50. The van der Waals surface area contributed by atoms with E-state index >= 15 is 0 Å². The van der Waals surface area contributed by atoms with Crippen LogP contribution in [-0.4, -0.2) is 22.9 Å². The molecule has 5 nitrogen and oxygen atoms in total. The van der Waals surface area contributed by atoms with E-state index in [1.165, 1.54) is 10.7 Å². The summed E-state index contributed by atoms with van der Waals surface area (Å²) in [5, 5.41) is 9.13. The molecule has 0 aliphatic heterocycles. The van der Waals surface area contributed by atoms with Gasteiger partial charge in [0, 0.05) is 28.5 Å². The van der Waals surface area contributed by atoms with Crippen LogP contribution in [0.25, 0.3) is 0 Å². The fourth-order valence-electron chi connectivity index (χ4n) is 1.44. The van der Waals surface area contributed by atoms with E-state index < -0.39 is 0 Å². The summed E-state index contributed by atoms with van der Waals surface area (Å²) in [6.45, 7) is 1.63. The summed E-state index contributed by atoms with van der Waals surface area (Å²) in [4.78, 5) is 12.9. The Labute approximate surface area is 117 Å². The molecule has 0 saturated heterocycles. The summed E-state index contributed by atoms with van der Waals surface area (Å²) in [5.41, 5.74) is 5.95. The molecule has 2 heterocycles. The Morgan fingerprint density at radius 1 is 1.56 bits per heavy atom. The average Bonchev–Trinajstić information content (AvgIpc) is 2.75. The number of aromatic nitrogens is 2. The molecule has 2 aromatic rings. The third kappa shape index (κ3) is 3.18. The topological polar surface area (TPSA) is 72.9 Å². The quantitative estimate of drug-likeness (QED) is 0.872. The monoisotopic (exact) mass is 328 g/mol. The van der Waals surface area contributed by atoms with Gasteiger partial charge in [-0.25, -0.2) is 4.68 Å². The normalized spacial score (nSPS) is 10.6. The molecule has 0 saturated carbocycles. The lowest BCUT2D eigenvalue weighted by atomic mass is 10.4. The van der Waals surface area contributed by atoms with Crippen LogP contribution >= 0.6 is 27.3 Å². The van der Waals surface area contributed by atoms with Gasteiger partial charge in [-0.3, -0.25) is 4.79 Å². The van der Waals surface area contributed by atoms with E-state index in [0.29, 0.717) is 25.3 Å². The van der Waals surface area contributed by atoms with Gasteiger partial charge < -0.3 is 11.1 Å². The Bertz CT molecular complexity index is 580. The molecular formula is C11H13BrN4OS. The van der Waals surface area contributed by atoms with E-state index in [-0.39, 0.29) is 5.56 Å². The van der Waals surface area contributed by atoms with Crippen LogP contribution in [0.5, 0.6) is 0 Å². The van der Waals surface area contributed by atoms with Crippen molar-refractivity contribution < 1.29 is 0 Å². The van der Waals surface area contributed by atoms with Crippen molar-refractivity contribution in [2.24, 2.45) is 5.73 Å². The lowest BCUT2D eigenvalue weighted by molar-refractivity contribution is 0.644. The lowest BCUT2D eigenvalue weighted by Gasteiger charge is -2.06. The van der Waals surface area contributed by atoms with E-state index in [1.807, 2.05) is 11.4 Å². The summed E-state index contributed by atoms with van der Waals surface area (Å²) in [7, 11) is 0. The predicted octanol–water partition coefficient (Wildman–Crippen LogP) is 1.49. The van der Waals surface area contributed by atoms with E-state index in [9.17, 15) is 4.79 Å². The van der Waals surface area contributed by atoms with Crippen LogP contribution in [0.2, 0.25) is 0 Å². The smallest absolute Gasteiger partial charge is 0.269 e. The van der Waals surface area contributed by atoms with Crippen LogP contribution < -0.4 is 16.6 Å². The SMILES string of the molecule is NCCNc1cnn(Cc2sccc2Br)c(=O)c1. The number of nitrogens with two attached hydrogens (primary N) is 1. The minimum Gasteiger partial charge on any atom is -0.382 e. The zero-order valence-electron chi connectivity index (χ0n) is 9.60. The number of nitrogens with zero attached hydrogens (tertiary/aromatic N) is 2. The Kier molecular flexibility index (Phi) is 4.51. The fraction of sp³-hybridized carbons (Fsp3) is 0.273. The maximum absolute atomic E-state index is 11.9. The van der Waals surface area contributed by atoms with Crippen molar-refractivity contribution in [1.82, 2.24) is 9.78 Å². The number of hydrogen-bond donors (Lipinski definition) is 2. The standard InChI is InChI=1S/C11H13BrN4OS/c12-9-1-4-18-10(9)7-16-11(17)5-8(6-15-16)14-3-2-13/h1,4-6,14H,2-3,7,13H2. The second-order valence-electron chi connectivity index (χ2n) is 3.65. The van der Waals surface area contributed by atoms with Crippen LogP contribution in [0.1, 0.15) is 4.88 Å². The fourth-order valence-corrected chi connectivity index (χ4v) is 2.90. The number of hydrogen-bond acceptors (Lipinski definition) is 5. The van der Waals surface area contributed by atoms with Crippen LogP contribution in [0.3, 0.4) is 0 Å². The zero-order valence-corrected chi connectivity index (χ0v) is 12.0. The molecule has 0 bridgehead atoms. The maximum atomic E-state index is 11.9. The lowest BCUT2D eigenvalue weighted by Crippen LogP contribution is -2.23. The minimum atomic E-state index is -0.127. The van der Waals surface area contributed by atoms with Gasteiger partial charge in [-0.2, -0.15) is 5.10 Å². The van der Waals surface area contributed by atoms with Gasteiger partial charge in [0.15, 0.2) is 0 Å². The Balaban J connectivity index is 2.15. The van der Waals surface area contributed by atoms with Crippen molar-refractivity contribution in [1.29, 1.82) is 0 Å². The predicted molar refractivity (Wildman–Crippen MR) is 77.2 cm³/mol. The van der Waals surface area contributed by atoms with Crippen molar-refractivity contribution in [3.05, 3.63) is 43.4 Å². The Morgan fingerprint density at radius 2 is 2.39 bits per heavy atom. The molecule has 0 spiro atoms. The molecule has 0 aliphatic carbocycles. The Morgan fingerprint density at radius 3 is 3.00 bits per heavy atom. The van der Waals surface area contributed by atoms with Gasteiger partial charge in [-0.1, -0.05) is 0 Å². The first kappa shape index (κ1) is 13.3. The van der Waals surface area contributed by atoms with E-state index in [1.54, 1.807) is 17.5 Å². The van der Waals surface area contributed by atoms with Crippen LogP contribution in [0.4, 0.5) is 5.69 Å². The van der Waals surface area contributed by atoms with Crippen molar-refractivity contribution >= 4 is 33.0 Å². The van der Waals surface area contributed by atoms with Crippen molar-refractivity contribution in [2.45, 2.75) is 6.54 Å². The first-order chi connectivity index (χ1) is 8.70. The van der Waals surface area contributed by atoms with E-state index in [0.717, 1.165) is 9.35 Å². The van der Waals surface area contributed by atoms with E-state index in [2.05, 4.69) is 26.3 Å². The average molecular weight is 329 g/mol. The first-order valence-corrected chi connectivity index (χ1v) is 7.11. The van der Waals surface area contributed by atoms with Gasteiger partial charge in [0.25, 0.3) is 5.56 Å². The zero-order chi connectivity index (χ0) is 13.0. The molecule has 0 aromatic carbocycles. The first-order valence-electron chi connectivity index (χ1n) is 5.43. The summed E-state index contributed by atoms with van der Waals surface area (Å²) in [6.07, 6.45) is 1.64. The molecule has 7 heteroatoms. The van der Waals surface area contributed by atoms with Gasteiger partial charge in [-0.05, 0) is 27.4 Å². The van der Waals surface area contributed by atoms with E-state index in [4.69, 9.17) is 5.73 Å². The molecule has 18 heavy (non-hydrogen) atoms. The molecule has 2 aromatic heterocycles. The minimum absolute atomic E-state index is 0.127. The molecule has 3 N–H and O–H groups in total. The van der Waals surface area contributed by atoms with Gasteiger partial charge in [0.2, 0.25) is 0 Å². The molecular weight excluding hydrogens is 316 g/mol. The molecule has 0 radical (unpaired) electrons. The summed E-state index contributed by atoms with van der Waals surface area (Å²) in [5.74, 6) is 0. The third-order valence-electron chi connectivity index (χ3n) is 2.33. The van der Waals surface area contributed by atoms with Crippen molar-refractivity contribution in [3.63, 3.8) is 0 Å². The van der Waals surface area contributed by atoms with Crippen molar-refractivity contribution in [2.75, 3.05) is 18.4 Å². The van der Waals surface area contributed by atoms with Crippen LogP contribution in [0.15, 0.2) is 33.0 Å². The molecule has 96 valence electrons. The number of thiophene rings is 1. The number of rotatable bonds is 5. The van der Waals surface area contributed by atoms with Gasteiger partial charge in [-0.15, -0.1) is 11.3 Å². The molecule has 0 aliphatic rings. The second kappa shape index (κ2) is 6.12. The molecule has 0 amide bonds. The highest BCUT2D eigenvalue weighted by atomic mass is 79.9. The van der Waals surface area contributed by atoms with Gasteiger partial charge in [0.05, 0.1) is 18.4 Å². The highest BCUT2D eigenvalue weighted by Crippen LogP contribution is 2.22. The molecule has 0 unspecified atom stereocenters. The van der Waals surface area contributed by atoms with Gasteiger partial charge in [0.1, 0.15) is 0 Å². The number of halogens is 1. The molecule has 0 atom stereocenters. The summed E-state index contributed by atoms with van der Waals surface area (Å²) in [6, 6.07) is 3.49. The number of anilines is 1. The van der Waals surface area contributed by atoms with Crippen LogP contribution in [0, 0.1) is 0 Å². The summed E-state index contributed by atoms with van der Waals surface area (Å²) < 4.78 is 2.44. The van der Waals surface area contributed by atoms with Crippen LogP contribution in [-0.2, 0) is 6.54 Å². The van der Waals surface area contributed by atoms with Crippen molar-refractivity contribution in [3.8, 4) is 0 Å².